The van der Waals surface area contributed by atoms with Crippen molar-refractivity contribution >= 4 is 6.09 Å². The third kappa shape index (κ3) is 6.11. The molecule has 8 heteroatoms. The lowest BCUT2D eigenvalue weighted by molar-refractivity contribution is 0.0926. The summed E-state index contributed by atoms with van der Waals surface area (Å²) in [5.74, 6) is 0. The quantitative estimate of drug-likeness (QED) is 0.562. The first-order valence-corrected chi connectivity index (χ1v) is 7.71. The molecule has 0 saturated carbocycles. The van der Waals surface area contributed by atoms with Crippen molar-refractivity contribution in [3.05, 3.63) is 35.9 Å². The van der Waals surface area contributed by atoms with E-state index in [1.54, 1.807) is 10.9 Å². The van der Waals surface area contributed by atoms with Crippen molar-refractivity contribution in [3.63, 3.8) is 0 Å². The van der Waals surface area contributed by atoms with Gasteiger partial charge >= 0.3 is 6.09 Å². The molecule has 126 valence electrons. The molecule has 0 spiro atoms. The third-order valence-corrected chi connectivity index (χ3v) is 3.26. The maximum Gasteiger partial charge on any atom is 0.408 e. The highest BCUT2D eigenvalue weighted by atomic mass is 16.6. The Kier molecular flexibility index (Phi) is 6.16. The monoisotopic (exact) mass is 320 g/mol. The fourth-order valence-corrected chi connectivity index (χ4v) is 2.11. The highest BCUT2D eigenvalue weighted by Crippen LogP contribution is 1.99. The SMILES string of the molecule is Cc1cnn(CCCNC(=O)OC(N)CCn2cc(C)cn2)c1. The van der Waals surface area contributed by atoms with Gasteiger partial charge in [-0.1, -0.05) is 0 Å². The molecule has 1 atom stereocenters. The number of carbonyl (C=O) groups is 1. The van der Waals surface area contributed by atoms with Crippen LogP contribution in [0.1, 0.15) is 24.0 Å². The van der Waals surface area contributed by atoms with E-state index in [0.717, 1.165) is 24.1 Å². The highest BCUT2D eigenvalue weighted by Gasteiger charge is 2.09. The molecule has 23 heavy (non-hydrogen) atoms. The van der Waals surface area contributed by atoms with Crippen molar-refractivity contribution in [2.45, 2.75) is 46.0 Å². The number of hydrogen-bond donors (Lipinski definition) is 2. The van der Waals surface area contributed by atoms with E-state index in [4.69, 9.17) is 10.5 Å². The van der Waals surface area contributed by atoms with Crippen LogP contribution in [-0.4, -0.2) is 38.4 Å². The van der Waals surface area contributed by atoms with Crippen molar-refractivity contribution in [2.24, 2.45) is 5.73 Å². The van der Waals surface area contributed by atoms with E-state index < -0.39 is 12.3 Å². The smallest absolute Gasteiger partial charge is 0.408 e. The number of nitrogens with one attached hydrogen (secondary N) is 1. The zero-order chi connectivity index (χ0) is 16.7. The minimum absolute atomic E-state index is 0.495. The lowest BCUT2D eigenvalue weighted by Gasteiger charge is -2.13. The van der Waals surface area contributed by atoms with E-state index in [9.17, 15) is 4.79 Å². The van der Waals surface area contributed by atoms with Crippen LogP contribution >= 0.6 is 0 Å². The number of amides is 1. The molecular weight excluding hydrogens is 296 g/mol. The van der Waals surface area contributed by atoms with Crippen molar-refractivity contribution in [1.82, 2.24) is 24.9 Å². The summed E-state index contributed by atoms with van der Waals surface area (Å²) < 4.78 is 8.73. The molecule has 3 N–H and O–H groups in total. The molecular formula is C15H24N6O2. The maximum atomic E-state index is 11.6. The van der Waals surface area contributed by atoms with Gasteiger partial charge in [0.05, 0.1) is 12.4 Å². The molecule has 0 radical (unpaired) electrons. The van der Waals surface area contributed by atoms with E-state index in [1.807, 2.05) is 37.1 Å². The maximum absolute atomic E-state index is 11.6. The van der Waals surface area contributed by atoms with Crippen molar-refractivity contribution in [3.8, 4) is 0 Å². The molecule has 1 amide bonds. The molecule has 0 aliphatic heterocycles. The van der Waals surface area contributed by atoms with Crippen LogP contribution < -0.4 is 11.1 Å². The van der Waals surface area contributed by atoms with Gasteiger partial charge in [0, 0.05) is 38.4 Å². The third-order valence-electron chi connectivity index (χ3n) is 3.26. The largest absolute Gasteiger partial charge is 0.431 e. The number of aryl methyl sites for hydroxylation is 4. The van der Waals surface area contributed by atoms with Crippen molar-refractivity contribution in [2.75, 3.05) is 6.54 Å². The van der Waals surface area contributed by atoms with Crippen LogP contribution in [0.3, 0.4) is 0 Å². The van der Waals surface area contributed by atoms with Gasteiger partial charge in [0.1, 0.15) is 0 Å². The summed E-state index contributed by atoms with van der Waals surface area (Å²) in [6, 6.07) is 0. The first-order chi connectivity index (χ1) is 11.0. The van der Waals surface area contributed by atoms with Crippen molar-refractivity contribution < 1.29 is 9.53 Å². The Morgan fingerprint density at radius 3 is 2.39 bits per heavy atom. The van der Waals surface area contributed by atoms with Gasteiger partial charge in [-0.05, 0) is 31.4 Å². The molecule has 2 rings (SSSR count). The fraction of sp³-hybridized carbons (Fsp3) is 0.533. The Bertz CT molecular complexity index is 621. The number of rotatable bonds is 8. The Balaban J connectivity index is 1.56. The summed E-state index contributed by atoms with van der Waals surface area (Å²) >= 11 is 0. The molecule has 2 aromatic heterocycles. The molecule has 0 fully saturated rings. The van der Waals surface area contributed by atoms with Gasteiger partial charge in [-0.2, -0.15) is 10.2 Å². The second-order valence-corrected chi connectivity index (χ2v) is 5.57. The van der Waals surface area contributed by atoms with Gasteiger partial charge in [0.25, 0.3) is 0 Å². The average Bonchev–Trinajstić information content (AvgIpc) is 3.10. The Morgan fingerprint density at radius 2 is 1.83 bits per heavy atom. The first kappa shape index (κ1) is 17.0. The molecule has 0 saturated heterocycles. The van der Waals surface area contributed by atoms with E-state index in [1.165, 1.54) is 0 Å². The van der Waals surface area contributed by atoms with Crippen LogP contribution in [0.5, 0.6) is 0 Å². The van der Waals surface area contributed by atoms with Crippen molar-refractivity contribution in [1.29, 1.82) is 0 Å². The Labute approximate surface area is 135 Å². The average molecular weight is 320 g/mol. The normalized spacial score (nSPS) is 12.1. The summed E-state index contributed by atoms with van der Waals surface area (Å²) in [6.45, 7) is 5.84. The van der Waals surface area contributed by atoms with Gasteiger partial charge in [-0.3, -0.25) is 15.1 Å². The lowest BCUT2D eigenvalue weighted by atomic mass is 10.4. The number of hydrogen-bond acceptors (Lipinski definition) is 5. The van der Waals surface area contributed by atoms with E-state index in [2.05, 4.69) is 15.5 Å². The second-order valence-electron chi connectivity index (χ2n) is 5.57. The summed E-state index contributed by atoms with van der Waals surface area (Å²) in [4.78, 5) is 11.6. The van der Waals surface area contributed by atoms with Gasteiger partial charge in [0.2, 0.25) is 0 Å². The molecule has 0 bridgehead atoms. The molecule has 0 aromatic carbocycles. The van der Waals surface area contributed by atoms with E-state index >= 15 is 0 Å². The molecule has 0 aliphatic carbocycles. The Hall–Kier alpha value is -2.35. The van der Waals surface area contributed by atoms with Crippen LogP contribution in [0.25, 0.3) is 0 Å². The number of aromatic nitrogens is 4. The summed E-state index contributed by atoms with van der Waals surface area (Å²) in [5, 5.41) is 11.0. The summed E-state index contributed by atoms with van der Waals surface area (Å²) in [6.07, 6.45) is 7.62. The fourth-order valence-electron chi connectivity index (χ4n) is 2.11. The molecule has 2 aromatic rings. The second kappa shape index (κ2) is 8.33. The van der Waals surface area contributed by atoms with Crippen LogP contribution in [0.2, 0.25) is 0 Å². The molecule has 8 nitrogen and oxygen atoms in total. The first-order valence-electron chi connectivity index (χ1n) is 7.71. The zero-order valence-electron chi connectivity index (χ0n) is 13.6. The minimum Gasteiger partial charge on any atom is -0.431 e. The summed E-state index contributed by atoms with van der Waals surface area (Å²) in [7, 11) is 0. The predicted octanol–water partition coefficient (Wildman–Crippen LogP) is 1.19. The number of nitrogens with zero attached hydrogens (tertiary/aromatic N) is 4. The topological polar surface area (TPSA) is 100.0 Å². The predicted molar refractivity (Wildman–Crippen MR) is 85.6 cm³/mol. The van der Waals surface area contributed by atoms with Crippen LogP contribution in [0, 0.1) is 13.8 Å². The van der Waals surface area contributed by atoms with E-state index in [-0.39, 0.29) is 0 Å². The highest BCUT2D eigenvalue weighted by molar-refractivity contribution is 5.67. The standard InChI is InChI=1S/C15H24N6O2/c1-12-8-18-20(10-12)6-3-5-17-15(22)23-14(16)4-7-21-11-13(2)9-19-21/h8-11,14H,3-7,16H2,1-2H3,(H,17,22). The van der Waals surface area contributed by atoms with Gasteiger partial charge in [-0.15, -0.1) is 0 Å². The number of alkyl carbamates (subject to hydrolysis) is 1. The number of ether oxygens (including phenoxy) is 1. The van der Waals surface area contributed by atoms with Gasteiger partial charge in [0.15, 0.2) is 6.23 Å². The van der Waals surface area contributed by atoms with E-state index in [0.29, 0.717) is 19.5 Å². The van der Waals surface area contributed by atoms with Gasteiger partial charge < -0.3 is 10.1 Å². The van der Waals surface area contributed by atoms with Gasteiger partial charge in [-0.25, -0.2) is 4.79 Å². The number of carbonyl (C=O) groups excluding carboxylic acids is 1. The molecule has 2 heterocycles. The lowest BCUT2D eigenvalue weighted by Crippen LogP contribution is -2.35. The van der Waals surface area contributed by atoms with Crippen LogP contribution in [-0.2, 0) is 17.8 Å². The van der Waals surface area contributed by atoms with Crippen LogP contribution in [0.4, 0.5) is 4.79 Å². The number of nitrogens with two attached hydrogens (primary N) is 1. The van der Waals surface area contributed by atoms with Crippen LogP contribution in [0.15, 0.2) is 24.8 Å². The molecule has 1 unspecified atom stereocenters. The zero-order valence-corrected chi connectivity index (χ0v) is 13.6. The minimum atomic E-state index is -0.645. The summed E-state index contributed by atoms with van der Waals surface area (Å²) in [5.41, 5.74) is 8.00. The Morgan fingerprint density at radius 1 is 1.22 bits per heavy atom. The molecule has 0 aliphatic rings.